The van der Waals surface area contributed by atoms with E-state index in [9.17, 15) is 9.18 Å². The molecule has 0 bridgehead atoms. The number of nitrogens with one attached hydrogen (secondary N) is 2. The molecule has 24 heavy (non-hydrogen) atoms. The van der Waals surface area contributed by atoms with Gasteiger partial charge in [-0.15, -0.1) is 0 Å². The summed E-state index contributed by atoms with van der Waals surface area (Å²) in [6, 6.07) is 10.3. The van der Waals surface area contributed by atoms with Crippen LogP contribution in [0.5, 0.6) is 0 Å². The average molecular weight is 323 g/mol. The van der Waals surface area contributed by atoms with Crippen LogP contribution in [0, 0.1) is 5.82 Å². The molecule has 0 radical (unpaired) electrons. The summed E-state index contributed by atoms with van der Waals surface area (Å²) in [7, 11) is 0. The number of aromatic nitrogens is 1. The van der Waals surface area contributed by atoms with E-state index in [1.54, 1.807) is 6.92 Å². The zero-order valence-corrected chi connectivity index (χ0v) is 12.9. The Hall–Kier alpha value is -3.15. The number of benzene rings is 2. The van der Waals surface area contributed by atoms with Gasteiger partial charge in [0.2, 0.25) is 0 Å². The summed E-state index contributed by atoms with van der Waals surface area (Å²) in [5.74, 6) is -0.865. The van der Waals surface area contributed by atoms with Crippen molar-refractivity contribution in [2.24, 2.45) is 0 Å². The number of carbonyl (C=O) groups is 1. The van der Waals surface area contributed by atoms with Crippen LogP contribution in [0.3, 0.4) is 0 Å². The van der Waals surface area contributed by atoms with Gasteiger partial charge in [0.05, 0.1) is 34.9 Å². The molecule has 2 aromatic carbocycles. The number of anilines is 4. The van der Waals surface area contributed by atoms with Crippen LogP contribution in [-0.2, 0) is 4.74 Å². The highest BCUT2D eigenvalue weighted by molar-refractivity contribution is 6.13. The van der Waals surface area contributed by atoms with Gasteiger partial charge in [-0.25, -0.2) is 9.18 Å². The Morgan fingerprint density at radius 3 is 2.67 bits per heavy atom. The molecule has 0 saturated carbocycles. The second-order valence-corrected chi connectivity index (χ2v) is 5.41. The predicted octanol–water partition coefficient (Wildman–Crippen LogP) is 4.35. The summed E-state index contributed by atoms with van der Waals surface area (Å²) >= 11 is 0. The minimum atomic E-state index is -0.468. The van der Waals surface area contributed by atoms with Gasteiger partial charge < -0.3 is 15.4 Å². The predicted molar refractivity (Wildman–Crippen MR) is 90.7 cm³/mol. The van der Waals surface area contributed by atoms with Crippen LogP contribution >= 0.6 is 0 Å². The first-order valence-corrected chi connectivity index (χ1v) is 7.60. The Labute approximate surface area is 137 Å². The van der Waals surface area contributed by atoms with Gasteiger partial charge in [-0.3, -0.25) is 4.98 Å². The van der Waals surface area contributed by atoms with Crippen LogP contribution in [0.2, 0.25) is 0 Å². The lowest BCUT2D eigenvalue weighted by atomic mass is 10.1. The monoisotopic (exact) mass is 323 g/mol. The van der Waals surface area contributed by atoms with Gasteiger partial charge in [0.1, 0.15) is 11.4 Å². The van der Waals surface area contributed by atoms with E-state index in [1.807, 2.05) is 24.3 Å². The van der Waals surface area contributed by atoms with Crippen molar-refractivity contribution in [3.8, 4) is 0 Å². The van der Waals surface area contributed by atoms with Gasteiger partial charge in [-0.1, -0.05) is 12.1 Å². The lowest BCUT2D eigenvalue weighted by Crippen LogP contribution is -2.09. The van der Waals surface area contributed by atoms with Gasteiger partial charge in [0, 0.05) is 17.6 Å². The van der Waals surface area contributed by atoms with E-state index in [-0.39, 0.29) is 6.61 Å². The third-order valence-electron chi connectivity index (χ3n) is 3.89. The SMILES string of the molecule is CCOC(=O)c1cnc2cc(F)cc3c2c1Nc1ccccc1N3. The fourth-order valence-corrected chi connectivity index (χ4v) is 2.86. The summed E-state index contributed by atoms with van der Waals surface area (Å²) in [6.45, 7) is 2.01. The number of esters is 1. The molecular weight excluding hydrogens is 309 g/mol. The first kappa shape index (κ1) is 14.4. The van der Waals surface area contributed by atoms with Crippen molar-refractivity contribution in [3.63, 3.8) is 0 Å². The highest BCUT2D eigenvalue weighted by Crippen LogP contribution is 2.41. The molecule has 0 fully saturated rings. The van der Waals surface area contributed by atoms with E-state index in [0.29, 0.717) is 27.8 Å². The van der Waals surface area contributed by atoms with Gasteiger partial charge in [-0.05, 0) is 25.1 Å². The maximum atomic E-state index is 13.9. The Bertz CT molecular complexity index is 972. The quantitative estimate of drug-likeness (QED) is 0.537. The molecule has 1 aliphatic rings. The van der Waals surface area contributed by atoms with Crippen molar-refractivity contribution in [2.45, 2.75) is 6.92 Å². The highest BCUT2D eigenvalue weighted by Gasteiger charge is 2.23. The van der Waals surface area contributed by atoms with E-state index in [2.05, 4.69) is 15.6 Å². The van der Waals surface area contributed by atoms with Crippen LogP contribution < -0.4 is 10.6 Å². The van der Waals surface area contributed by atoms with Crippen LogP contribution in [-0.4, -0.2) is 17.6 Å². The Morgan fingerprint density at radius 1 is 1.17 bits per heavy atom. The molecule has 2 N–H and O–H groups in total. The lowest BCUT2D eigenvalue weighted by molar-refractivity contribution is 0.0527. The maximum absolute atomic E-state index is 13.9. The molecule has 1 aliphatic heterocycles. The smallest absolute Gasteiger partial charge is 0.341 e. The number of halogens is 1. The number of pyridine rings is 1. The summed E-state index contributed by atoms with van der Waals surface area (Å²) < 4.78 is 19.1. The number of fused-ring (bicyclic) bond motifs is 1. The van der Waals surface area contributed by atoms with Crippen molar-refractivity contribution in [2.75, 3.05) is 17.2 Å². The molecule has 0 atom stereocenters. The van der Waals surface area contributed by atoms with Crippen molar-refractivity contribution < 1.29 is 13.9 Å². The van der Waals surface area contributed by atoms with E-state index < -0.39 is 11.8 Å². The summed E-state index contributed by atoms with van der Waals surface area (Å²) in [5, 5.41) is 7.13. The molecule has 4 rings (SSSR count). The number of rotatable bonds is 2. The number of nitrogens with zero attached hydrogens (tertiary/aromatic N) is 1. The molecule has 5 nitrogen and oxygen atoms in total. The molecule has 0 spiro atoms. The number of carbonyl (C=O) groups excluding carboxylic acids is 1. The first-order valence-electron chi connectivity index (χ1n) is 7.60. The maximum Gasteiger partial charge on any atom is 0.341 e. The van der Waals surface area contributed by atoms with Crippen molar-refractivity contribution >= 4 is 39.6 Å². The molecule has 2 heterocycles. The van der Waals surface area contributed by atoms with E-state index >= 15 is 0 Å². The third-order valence-corrected chi connectivity index (χ3v) is 3.89. The van der Waals surface area contributed by atoms with E-state index in [4.69, 9.17) is 4.74 Å². The third kappa shape index (κ3) is 2.23. The molecule has 6 heteroatoms. The normalized spacial score (nSPS) is 11.9. The summed E-state index contributed by atoms with van der Waals surface area (Å²) in [6.07, 6.45) is 1.42. The number of ether oxygens (including phenoxy) is 1. The van der Waals surface area contributed by atoms with Crippen LogP contribution in [0.15, 0.2) is 42.6 Å². The first-order chi connectivity index (χ1) is 11.7. The standard InChI is InChI=1S/C18H14FN3O2/c1-2-24-18(23)11-9-20-14-7-10(19)8-15-16(14)17(11)22-13-6-4-3-5-12(13)21-15/h3-9,21-22H,2H2,1H3. The molecular formula is C18H14FN3O2. The van der Waals surface area contributed by atoms with Gasteiger partial charge in [0.15, 0.2) is 0 Å². The molecule has 0 saturated heterocycles. The largest absolute Gasteiger partial charge is 0.462 e. The summed E-state index contributed by atoms with van der Waals surface area (Å²) in [4.78, 5) is 16.5. The fourth-order valence-electron chi connectivity index (χ4n) is 2.86. The minimum Gasteiger partial charge on any atom is -0.462 e. The van der Waals surface area contributed by atoms with Crippen LogP contribution in [0.4, 0.5) is 27.1 Å². The Kier molecular flexibility index (Phi) is 3.30. The zero-order valence-electron chi connectivity index (χ0n) is 12.9. The molecule has 3 aromatic rings. The molecule has 1 aromatic heterocycles. The average Bonchev–Trinajstić information content (AvgIpc) is 2.72. The second kappa shape index (κ2) is 5.49. The van der Waals surface area contributed by atoms with E-state index in [0.717, 1.165) is 11.4 Å². The van der Waals surface area contributed by atoms with Crippen molar-refractivity contribution in [1.82, 2.24) is 4.98 Å². The molecule has 0 aliphatic carbocycles. The number of para-hydroxylation sites is 2. The summed E-state index contributed by atoms with van der Waals surface area (Å²) in [5.41, 5.74) is 3.46. The molecule has 0 unspecified atom stereocenters. The zero-order chi connectivity index (χ0) is 16.7. The lowest BCUT2D eigenvalue weighted by Gasteiger charge is -2.13. The van der Waals surface area contributed by atoms with E-state index in [1.165, 1.54) is 18.3 Å². The number of hydrogen-bond acceptors (Lipinski definition) is 5. The second-order valence-electron chi connectivity index (χ2n) is 5.41. The van der Waals surface area contributed by atoms with Gasteiger partial charge in [-0.2, -0.15) is 0 Å². The Balaban J connectivity index is 2.03. The molecule has 0 amide bonds. The van der Waals surface area contributed by atoms with Gasteiger partial charge >= 0.3 is 5.97 Å². The minimum absolute atomic E-state index is 0.265. The fraction of sp³-hybridized carbons (Fsp3) is 0.111. The number of hydrogen-bond donors (Lipinski definition) is 2. The van der Waals surface area contributed by atoms with Crippen molar-refractivity contribution in [3.05, 3.63) is 54.0 Å². The highest BCUT2D eigenvalue weighted by atomic mass is 19.1. The van der Waals surface area contributed by atoms with Gasteiger partial charge in [0.25, 0.3) is 0 Å². The topological polar surface area (TPSA) is 63.2 Å². The van der Waals surface area contributed by atoms with Crippen LogP contribution in [0.1, 0.15) is 17.3 Å². The Morgan fingerprint density at radius 2 is 1.92 bits per heavy atom. The van der Waals surface area contributed by atoms with Crippen LogP contribution in [0.25, 0.3) is 10.9 Å². The van der Waals surface area contributed by atoms with Crippen molar-refractivity contribution in [1.29, 1.82) is 0 Å². The molecule has 120 valence electrons.